The Bertz CT molecular complexity index is 706. The molecule has 0 atom stereocenters. The van der Waals surface area contributed by atoms with Gasteiger partial charge in [-0.2, -0.15) is 5.10 Å². The van der Waals surface area contributed by atoms with Gasteiger partial charge in [-0.25, -0.2) is 0 Å². The second-order valence-electron chi connectivity index (χ2n) is 5.78. The summed E-state index contributed by atoms with van der Waals surface area (Å²) in [7, 11) is 1.89. The van der Waals surface area contributed by atoms with Crippen LogP contribution in [0.5, 0.6) is 0 Å². The molecule has 0 saturated carbocycles. The number of carbonyl (C=O) groups excluding carboxylic acids is 1. The van der Waals surface area contributed by atoms with Crippen molar-refractivity contribution < 1.29 is 4.79 Å². The second-order valence-corrected chi connectivity index (χ2v) is 6.17. The largest absolute Gasteiger partial charge is 0.369 e. The molecule has 6 nitrogen and oxygen atoms in total. The molecular formula is C13H21N5OS. The summed E-state index contributed by atoms with van der Waals surface area (Å²) in [5.74, 6) is -0.343. The summed E-state index contributed by atoms with van der Waals surface area (Å²) in [5, 5.41) is 4.52. The number of imidazole rings is 1. The van der Waals surface area contributed by atoms with Gasteiger partial charge in [-0.1, -0.05) is 13.3 Å². The average Bonchev–Trinajstić information content (AvgIpc) is 2.80. The first-order chi connectivity index (χ1) is 9.27. The van der Waals surface area contributed by atoms with Crippen molar-refractivity contribution in [3.05, 3.63) is 10.5 Å². The fourth-order valence-electron chi connectivity index (χ4n) is 2.31. The van der Waals surface area contributed by atoms with Crippen molar-refractivity contribution >= 4 is 29.3 Å². The fraction of sp³-hybridized carbons (Fsp3) is 0.615. The lowest BCUT2D eigenvalue weighted by Gasteiger charge is -2.21. The standard InChI is InChI=1S/C13H21N5OS/c1-5-6-8-9-10(17(4)16-8)18(12(20)15-9)7-13(2,3)11(14)19/h5-7H2,1-4H3,(H2,14,19)(H,15,20). The van der Waals surface area contributed by atoms with Crippen LogP contribution in [0.2, 0.25) is 0 Å². The van der Waals surface area contributed by atoms with E-state index in [-0.39, 0.29) is 5.91 Å². The quantitative estimate of drug-likeness (QED) is 0.827. The zero-order valence-corrected chi connectivity index (χ0v) is 13.2. The van der Waals surface area contributed by atoms with E-state index in [9.17, 15) is 4.79 Å². The number of amides is 1. The summed E-state index contributed by atoms with van der Waals surface area (Å²) in [5.41, 5.74) is 7.66. The zero-order chi connectivity index (χ0) is 15.1. The molecule has 110 valence electrons. The third kappa shape index (κ3) is 2.37. The summed E-state index contributed by atoms with van der Waals surface area (Å²) in [6.07, 6.45) is 1.91. The number of nitrogens with one attached hydrogen (secondary N) is 1. The van der Waals surface area contributed by atoms with Crippen LogP contribution in [0.3, 0.4) is 0 Å². The van der Waals surface area contributed by atoms with Gasteiger partial charge in [0.05, 0.1) is 11.1 Å². The normalized spacial score (nSPS) is 12.2. The van der Waals surface area contributed by atoms with E-state index in [4.69, 9.17) is 18.0 Å². The highest BCUT2D eigenvalue weighted by Crippen LogP contribution is 2.24. The Morgan fingerprint density at radius 3 is 2.70 bits per heavy atom. The summed E-state index contributed by atoms with van der Waals surface area (Å²) in [4.78, 5) is 14.7. The molecule has 0 aliphatic heterocycles. The number of hydrogen-bond acceptors (Lipinski definition) is 3. The molecule has 0 fully saturated rings. The molecule has 0 aromatic carbocycles. The van der Waals surface area contributed by atoms with E-state index in [1.807, 2.05) is 30.1 Å². The highest BCUT2D eigenvalue weighted by Gasteiger charge is 2.28. The van der Waals surface area contributed by atoms with Crippen LogP contribution in [-0.4, -0.2) is 25.2 Å². The molecule has 2 heterocycles. The van der Waals surface area contributed by atoms with Crippen LogP contribution in [0.15, 0.2) is 0 Å². The number of primary amides is 1. The van der Waals surface area contributed by atoms with Gasteiger partial charge in [0.15, 0.2) is 10.4 Å². The van der Waals surface area contributed by atoms with Crippen molar-refractivity contribution in [1.82, 2.24) is 19.3 Å². The summed E-state index contributed by atoms with van der Waals surface area (Å²) in [6.45, 7) is 6.19. The second kappa shape index (κ2) is 5.05. The van der Waals surface area contributed by atoms with E-state index in [1.165, 1.54) is 0 Å². The Kier molecular flexibility index (Phi) is 3.73. The molecular weight excluding hydrogens is 274 g/mol. The van der Waals surface area contributed by atoms with Gasteiger partial charge in [-0.15, -0.1) is 0 Å². The van der Waals surface area contributed by atoms with Gasteiger partial charge >= 0.3 is 0 Å². The molecule has 2 aromatic heterocycles. The van der Waals surface area contributed by atoms with E-state index in [0.29, 0.717) is 11.3 Å². The van der Waals surface area contributed by atoms with Crippen LogP contribution >= 0.6 is 12.2 Å². The van der Waals surface area contributed by atoms with Crippen molar-refractivity contribution in [2.75, 3.05) is 0 Å². The molecule has 7 heteroatoms. The summed E-state index contributed by atoms with van der Waals surface area (Å²) >= 11 is 5.38. The first-order valence-corrected chi connectivity index (χ1v) is 7.13. The molecule has 0 radical (unpaired) electrons. The van der Waals surface area contributed by atoms with E-state index < -0.39 is 5.41 Å². The predicted octanol–water partition coefficient (Wildman–Crippen LogP) is 1.90. The molecule has 2 aromatic rings. The van der Waals surface area contributed by atoms with Gasteiger partial charge in [0.25, 0.3) is 0 Å². The lowest BCUT2D eigenvalue weighted by Crippen LogP contribution is -2.35. The number of aromatic nitrogens is 4. The third-order valence-corrected chi connectivity index (χ3v) is 3.85. The highest BCUT2D eigenvalue weighted by molar-refractivity contribution is 7.71. The van der Waals surface area contributed by atoms with E-state index in [1.54, 1.807) is 0 Å². The summed E-state index contributed by atoms with van der Waals surface area (Å²) in [6, 6.07) is 0. The molecule has 0 aliphatic rings. The number of aryl methyl sites for hydroxylation is 2. The van der Waals surface area contributed by atoms with E-state index in [2.05, 4.69) is 17.0 Å². The number of rotatable bonds is 5. The van der Waals surface area contributed by atoms with Gasteiger partial charge in [0.2, 0.25) is 5.91 Å². The Morgan fingerprint density at radius 1 is 1.50 bits per heavy atom. The molecule has 0 bridgehead atoms. The molecule has 1 amide bonds. The Hall–Kier alpha value is -1.63. The van der Waals surface area contributed by atoms with Crippen molar-refractivity contribution in [3.8, 4) is 0 Å². The third-order valence-electron chi connectivity index (χ3n) is 3.53. The molecule has 0 aliphatic carbocycles. The fourth-order valence-corrected chi connectivity index (χ4v) is 2.56. The number of nitrogens with two attached hydrogens (primary N) is 1. The number of fused-ring (bicyclic) bond motifs is 1. The van der Waals surface area contributed by atoms with Crippen molar-refractivity contribution in [2.24, 2.45) is 18.2 Å². The van der Waals surface area contributed by atoms with Crippen LogP contribution < -0.4 is 5.73 Å². The average molecular weight is 295 g/mol. The first-order valence-electron chi connectivity index (χ1n) is 6.72. The molecule has 20 heavy (non-hydrogen) atoms. The minimum absolute atomic E-state index is 0.343. The Morgan fingerprint density at radius 2 is 2.15 bits per heavy atom. The molecule has 2 rings (SSSR count). The number of H-pyrrole nitrogens is 1. The summed E-state index contributed by atoms with van der Waals surface area (Å²) < 4.78 is 4.31. The van der Waals surface area contributed by atoms with Gasteiger partial charge < -0.3 is 15.3 Å². The minimum Gasteiger partial charge on any atom is -0.369 e. The van der Waals surface area contributed by atoms with Crippen molar-refractivity contribution in [3.63, 3.8) is 0 Å². The molecule has 0 spiro atoms. The van der Waals surface area contributed by atoms with Gasteiger partial charge in [0.1, 0.15) is 5.52 Å². The van der Waals surface area contributed by atoms with Crippen molar-refractivity contribution in [1.29, 1.82) is 0 Å². The zero-order valence-electron chi connectivity index (χ0n) is 12.4. The number of hydrogen-bond donors (Lipinski definition) is 2. The Labute approximate surface area is 123 Å². The van der Waals surface area contributed by atoms with Gasteiger partial charge in [0, 0.05) is 13.6 Å². The monoisotopic (exact) mass is 295 g/mol. The number of aromatic amines is 1. The maximum absolute atomic E-state index is 11.5. The first kappa shape index (κ1) is 14.8. The number of carbonyl (C=O) groups is 1. The maximum Gasteiger partial charge on any atom is 0.224 e. The predicted molar refractivity (Wildman–Crippen MR) is 80.9 cm³/mol. The topological polar surface area (TPSA) is 81.6 Å². The molecule has 0 saturated heterocycles. The lowest BCUT2D eigenvalue weighted by atomic mass is 9.93. The van der Waals surface area contributed by atoms with E-state index in [0.717, 1.165) is 29.7 Å². The van der Waals surface area contributed by atoms with Crippen LogP contribution in [0.4, 0.5) is 0 Å². The molecule has 3 N–H and O–H groups in total. The van der Waals surface area contributed by atoms with Crippen LogP contribution in [0, 0.1) is 10.2 Å². The van der Waals surface area contributed by atoms with Gasteiger partial charge in [-0.3, -0.25) is 9.48 Å². The minimum atomic E-state index is -0.664. The Balaban J connectivity index is 2.57. The maximum atomic E-state index is 11.5. The van der Waals surface area contributed by atoms with Crippen LogP contribution in [-0.2, 0) is 24.8 Å². The van der Waals surface area contributed by atoms with E-state index >= 15 is 0 Å². The van der Waals surface area contributed by atoms with Crippen LogP contribution in [0.1, 0.15) is 32.9 Å². The smallest absolute Gasteiger partial charge is 0.224 e. The highest BCUT2D eigenvalue weighted by atomic mass is 32.1. The van der Waals surface area contributed by atoms with Crippen molar-refractivity contribution in [2.45, 2.75) is 40.2 Å². The van der Waals surface area contributed by atoms with Gasteiger partial charge in [-0.05, 0) is 32.5 Å². The van der Waals surface area contributed by atoms with Crippen LogP contribution in [0.25, 0.3) is 11.2 Å². The SMILES string of the molecule is CCCc1nn(C)c2c1[nH]c(=S)n2CC(C)(C)C(N)=O. The molecule has 0 unspecified atom stereocenters. The number of nitrogens with zero attached hydrogens (tertiary/aromatic N) is 3. The lowest BCUT2D eigenvalue weighted by molar-refractivity contribution is -0.126.